The molecule has 1 fully saturated rings. The van der Waals surface area contributed by atoms with Gasteiger partial charge < -0.3 is 39.4 Å². The first-order valence-corrected chi connectivity index (χ1v) is 27.3. The minimum atomic E-state index is -1.53. The smallest absolute Gasteiger partial charge is 0.306 e. The van der Waals surface area contributed by atoms with Gasteiger partial charge in [-0.05, 0) is 38.5 Å². The lowest BCUT2D eigenvalue weighted by Gasteiger charge is -2.39. The molecule has 1 rings (SSSR count). The molecule has 63 heavy (non-hydrogen) atoms. The van der Waals surface area contributed by atoms with E-state index in [-0.39, 0.29) is 19.2 Å². The second kappa shape index (κ2) is 46.1. The summed E-state index contributed by atoms with van der Waals surface area (Å²) in [5, 5.41) is 40.3. The fraction of sp³-hybridized carbons (Fsp3) is 0.944. The van der Waals surface area contributed by atoms with Crippen LogP contribution in [0.5, 0.6) is 0 Å². The summed E-state index contributed by atoms with van der Waals surface area (Å²) >= 11 is 0. The van der Waals surface area contributed by atoms with Gasteiger partial charge in [0, 0.05) is 13.0 Å². The minimum absolute atomic E-state index is 0.109. The Hall–Kier alpha value is -1.07. The van der Waals surface area contributed by atoms with Gasteiger partial charge in [0.15, 0.2) is 6.29 Å². The van der Waals surface area contributed by atoms with E-state index in [0.29, 0.717) is 13.0 Å². The Morgan fingerprint density at radius 2 is 0.873 bits per heavy atom. The predicted molar refractivity (Wildman–Crippen MR) is 261 cm³/mol. The number of unbranched alkanes of at least 4 members (excludes halogenated alkanes) is 35. The van der Waals surface area contributed by atoms with Crippen molar-refractivity contribution in [2.75, 3.05) is 26.4 Å². The zero-order chi connectivity index (χ0) is 45.7. The topological polar surface area (TPSA) is 135 Å². The van der Waals surface area contributed by atoms with Crippen molar-refractivity contribution in [3.8, 4) is 0 Å². The highest BCUT2D eigenvalue weighted by Crippen LogP contribution is 2.23. The van der Waals surface area contributed by atoms with Crippen molar-refractivity contribution in [3.63, 3.8) is 0 Å². The Morgan fingerprint density at radius 1 is 0.492 bits per heavy atom. The molecule has 0 spiro atoms. The molecular formula is C54H104O9. The van der Waals surface area contributed by atoms with Gasteiger partial charge in [0.25, 0.3) is 0 Å². The number of allylic oxidation sites excluding steroid dienone is 2. The van der Waals surface area contributed by atoms with Crippen molar-refractivity contribution in [1.82, 2.24) is 0 Å². The van der Waals surface area contributed by atoms with Gasteiger partial charge >= 0.3 is 5.97 Å². The Bertz CT molecular complexity index is 977. The molecule has 9 heteroatoms. The molecule has 1 saturated heterocycles. The van der Waals surface area contributed by atoms with Gasteiger partial charge in [-0.1, -0.05) is 231 Å². The summed E-state index contributed by atoms with van der Waals surface area (Å²) in [6, 6.07) is 0. The standard InChI is InChI=1S/C54H104O9/c1-3-5-7-9-11-13-15-17-19-21-23-24-25-26-28-30-32-34-36-38-40-42-44-60-46-48(47-61-54-53(59)52(58)51(57)49(45-55)63-54)62-50(56)43-41-39-37-35-33-31-29-27-22-20-18-16-14-12-10-8-6-4-2/h20,22,48-49,51-55,57-59H,3-19,21,23-47H2,1-2H3/b22-20-. The van der Waals surface area contributed by atoms with Gasteiger partial charge in [-0.2, -0.15) is 0 Å². The maximum absolute atomic E-state index is 12.8. The van der Waals surface area contributed by atoms with Crippen molar-refractivity contribution in [2.24, 2.45) is 0 Å². The van der Waals surface area contributed by atoms with Gasteiger partial charge in [0.1, 0.15) is 30.5 Å². The first-order valence-electron chi connectivity index (χ1n) is 27.3. The molecule has 9 nitrogen and oxygen atoms in total. The van der Waals surface area contributed by atoms with Crippen LogP contribution in [0.25, 0.3) is 0 Å². The Morgan fingerprint density at radius 3 is 1.29 bits per heavy atom. The third-order valence-electron chi connectivity index (χ3n) is 12.9. The van der Waals surface area contributed by atoms with Crippen LogP contribution >= 0.6 is 0 Å². The lowest BCUT2D eigenvalue weighted by Crippen LogP contribution is -2.59. The third kappa shape index (κ3) is 36.7. The molecule has 0 bridgehead atoms. The number of carbonyl (C=O) groups excluding carboxylic acids is 1. The van der Waals surface area contributed by atoms with Crippen molar-refractivity contribution >= 4 is 5.97 Å². The van der Waals surface area contributed by atoms with Crippen molar-refractivity contribution in [3.05, 3.63) is 12.2 Å². The van der Waals surface area contributed by atoms with E-state index in [1.165, 1.54) is 212 Å². The van der Waals surface area contributed by atoms with Crippen molar-refractivity contribution in [1.29, 1.82) is 0 Å². The van der Waals surface area contributed by atoms with Crippen molar-refractivity contribution < 1.29 is 44.2 Å². The Balaban J connectivity index is 2.16. The number of rotatable bonds is 48. The zero-order valence-electron chi connectivity index (χ0n) is 41.4. The number of carbonyl (C=O) groups is 1. The molecule has 0 aromatic carbocycles. The van der Waals surface area contributed by atoms with Gasteiger partial charge in [-0.25, -0.2) is 0 Å². The van der Waals surface area contributed by atoms with Gasteiger partial charge in [0.05, 0.1) is 19.8 Å². The molecule has 0 aromatic rings. The van der Waals surface area contributed by atoms with Gasteiger partial charge in [0.2, 0.25) is 0 Å². The van der Waals surface area contributed by atoms with Gasteiger partial charge in [-0.3, -0.25) is 4.79 Å². The number of hydrogen-bond acceptors (Lipinski definition) is 9. The average molecular weight is 897 g/mol. The van der Waals surface area contributed by atoms with E-state index < -0.39 is 43.4 Å². The maximum atomic E-state index is 12.8. The quantitative estimate of drug-likeness (QED) is 0.0267. The second-order valence-corrected chi connectivity index (χ2v) is 19.0. The largest absolute Gasteiger partial charge is 0.457 e. The molecule has 6 unspecified atom stereocenters. The normalized spacial score (nSPS) is 19.6. The van der Waals surface area contributed by atoms with Crippen LogP contribution < -0.4 is 0 Å². The fourth-order valence-electron chi connectivity index (χ4n) is 8.67. The molecule has 4 N–H and O–H groups in total. The van der Waals surface area contributed by atoms with Crippen LogP contribution in [0.4, 0.5) is 0 Å². The SMILES string of the molecule is CCCCCCCCC/C=C\CCCCCCCCCC(=O)OC(COCCCCCCCCCCCCCCCCCCCCCCCC)COC1OC(CO)C(O)C(O)C1O. The number of esters is 1. The Kier molecular flexibility index (Phi) is 43.8. The van der Waals surface area contributed by atoms with E-state index in [0.717, 1.165) is 32.1 Å². The fourth-order valence-corrected chi connectivity index (χ4v) is 8.67. The van der Waals surface area contributed by atoms with E-state index in [4.69, 9.17) is 18.9 Å². The van der Waals surface area contributed by atoms with Crippen LogP contribution in [0.1, 0.15) is 264 Å². The summed E-state index contributed by atoms with van der Waals surface area (Å²) in [7, 11) is 0. The van der Waals surface area contributed by atoms with Crippen LogP contribution in [0.2, 0.25) is 0 Å². The van der Waals surface area contributed by atoms with E-state index in [1.807, 2.05) is 0 Å². The highest BCUT2D eigenvalue weighted by Gasteiger charge is 2.44. The molecule has 0 amide bonds. The van der Waals surface area contributed by atoms with E-state index in [9.17, 15) is 25.2 Å². The lowest BCUT2D eigenvalue weighted by atomic mass is 9.99. The minimum Gasteiger partial charge on any atom is -0.457 e. The average Bonchev–Trinajstić information content (AvgIpc) is 3.28. The molecule has 1 aliphatic rings. The van der Waals surface area contributed by atoms with E-state index in [1.54, 1.807) is 0 Å². The summed E-state index contributed by atoms with van der Waals surface area (Å²) in [5.74, 6) is -0.311. The first kappa shape index (κ1) is 59.9. The van der Waals surface area contributed by atoms with Crippen LogP contribution in [0.3, 0.4) is 0 Å². The number of ether oxygens (including phenoxy) is 4. The number of hydrogen-bond donors (Lipinski definition) is 4. The molecule has 0 aliphatic carbocycles. The van der Waals surface area contributed by atoms with Crippen LogP contribution in [-0.4, -0.2) is 89.6 Å². The van der Waals surface area contributed by atoms with Crippen molar-refractivity contribution in [2.45, 2.75) is 301 Å². The van der Waals surface area contributed by atoms with Crippen LogP contribution in [-0.2, 0) is 23.7 Å². The first-order chi connectivity index (χ1) is 30.9. The third-order valence-corrected chi connectivity index (χ3v) is 12.9. The summed E-state index contributed by atoms with van der Waals surface area (Å²) in [6.07, 6.45) is 46.8. The van der Waals surface area contributed by atoms with E-state index in [2.05, 4.69) is 26.0 Å². The van der Waals surface area contributed by atoms with Crippen LogP contribution in [0.15, 0.2) is 12.2 Å². The molecule has 1 heterocycles. The monoisotopic (exact) mass is 897 g/mol. The number of aliphatic hydroxyl groups excluding tert-OH is 4. The maximum Gasteiger partial charge on any atom is 0.306 e. The lowest BCUT2D eigenvalue weighted by molar-refractivity contribution is -0.305. The molecular weight excluding hydrogens is 793 g/mol. The van der Waals surface area contributed by atoms with Gasteiger partial charge in [-0.15, -0.1) is 0 Å². The summed E-state index contributed by atoms with van der Waals surface area (Å²) < 4.78 is 22.9. The summed E-state index contributed by atoms with van der Waals surface area (Å²) in [5.41, 5.74) is 0. The molecule has 0 aromatic heterocycles. The van der Waals surface area contributed by atoms with Crippen LogP contribution in [0, 0.1) is 0 Å². The predicted octanol–water partition coefficient (Wildman–Crippen LogP) is 13.5. The highest BCUT2D eigenvalue weighted by molar-refractivity contribution is 5.69. The van der Waals surface area contributed by atoms with E-state index >= 15 is 0 Å². The zero-order valence-corrected chi connectivity index (χ0v) is 41.4. The Labute approximate surface area is 388 Å². The second-order valence-electron chi connectivity index (χ2n) is 19.0. The highest BCUT2D eigenvalue weighted by atomic mass is 16.7. The molecule has 6 atom stereocenters. The molecule has 1 aliphatic heterocycles. The number of aliphatic hydroxyl groups is 4. The summed E-state index contributed by atoms with van der Waals surface area (Å²) in [4.78, 5) is 12.8. The molecule has 0 radical (unpaired) electrons. The molecule has 0 saturated carbocycles. The summed E-state index contributed by atoms with van der Waals surface area (Å²) in [6.45, 7) is 4.61. The molecule has 374 valence electrons.